The minimum Gasteiger partial charge on any atom is -0.477 e. The van der Waals surface area contributed by atoms with Gasteiger partial charge in [-0.25, -0.2) is 15.0 Å². The summed E-state index contributed by atoms with van der Waals surface area (Å²) in [4.78, 5) is 25.7. The molecule has 4 aromatic rings. The van der Waals surface area contributed by atoms with Gasteiger partial charge in [0.1, 0.15) is 16.2 Å². The summed E-state index contributed by atoms with van der Waals surface area (Å²) in [5.41, 5.74) is 3.15. The van der Waals surface area contributed by atoms with Crippen molar-refractivity contribution in [1.82, 2.24) is 29.9 Å². The first kappa shape index (κ1) is 17.2. The van der Waals surface area contributed by atoms with E-state index in [1.165, 1.54) is 11.8 Å². The maximum Gasteiger partial charge on any atom is 0.228 e. The molecule has 0 aliphatic heterocycles. The predicted molar refractivity (Wildman–Crippen MR) is 104 cm³/mol. The molecule has 0 unspecified atom stereocenters. The van der Waals surface area contributed by atoms with E-state index >= 15 is 0 Å². The molecule has 0 spiro atoms. The maximum atomic E-state index is 5.74. The lowest BCUT2D eigenvalue weighted by atomic mass is 10.3. The van der Waals surface area contributed by atoms with Gasteiger partial charge in [-0.1, -0.05) is 6.92 Å². The summed E-state index contributed by atoms with van der Waals surface area (Å²) in [7, 11) is 0. The van der Waals surface area contributed by atoms with Crippen molar-refractivity contribution in [3.05, 3.63) is 34.7 Å². The summed E-state index contributed by atoms with van der Waals surface area (Å²) in [6, 6.07) is 3.71. The molecule has 1 N–H and O–H groups in total. The zero-order valence-corrected chi connectivity index (χ0v) is 16.6. The number of nitrogens with one attached hydrogen (secondary N) is 1. The topological polar surface area (TPSA) is 89.5 Å². The number of aryl methyl sites for hydroxylation is 1. The van der Waals surface area contributed by atoms with Crippen molar-refractivity contribution < 1.29 is 4.74 Å². The molecule has 7 nitrogen and oxygen atoms in total. The summed E-state index contributed by atoms with van der Waals surface area (Å²) in [6.07, 6.45) is 4.25. The Morgan fingerprint density at radius 2 is 2.08 bits per heavy atom. The number of halogens is 1. The fraction of sp³-hybridized carbons (Fsp3) is 0.235. The zero-order chi connectivity index (χ0) is 18.1. The van der Waals surface area contributed by atoms with E-state index in [2.05, 4.69) is 52.8 Å². The van der Waals surface area contributed by atoms with Crippen LogP contribution in [0.25, 0.3) is 22.2 Å². The van der Waals surface area contributed by atoms with Crippen LogP contribution in [0.15, 0.2) is 39.2 Å². The van der Waals surface area contributed by atoms with Crippen LogP contribution in [0.4, 0.5) is 0 Å². The molecule has 4 aromatic heterocycles. The van der Waals surface area contributed by atoms with E-state index < -0.39 is 0 Å². The first-order valence-corrected chi connectivity index (χ1v) is 9.77. The Balaban J connectivity index is 1.77. The van der Waals surface area contributed by atoms with Crippen molar-refractivity contribution >= 4 is 49.9 Å². The molecule has 4 heterocycles. The molecule has 0 radical (unpaired) electrons. The Bertz CT molecular complexity index is 1100. The van der Waals surface area contributed by atoms with Gasteiger partial charge in [0.25, 0.3) is 0 Å². The number of rotatable bonds is 5. The summed E-state index contributed by atoms with van der Waals surface area (Å²) in [6.45, 7) is 4.54. The van der Waals surface area contributed by atoms with E-state index in [1.807, 2.05) is 19.1 Å². The van der Waals surface area contributed by atoms with Crippen molar-refractivity contribution in [2.45, 2.75) is 30.5 Å². The van der Waals surface area contributed by atoms with E-state index in [1.54, 1.807) is 12.4 Å². The predicted octanol–water partition coefficient (Wildman–Crippen LogP) is 4.17. The number of aromatic nitrogens is 6. The van der Waals surface area contributed by atoms with Crippen molar-refractivity contribution in [1.29, 1.82) is 0 Å². The molecule has 0 saturated heterocycles. The highest BCUT2D eigenvalue weighted by Gasteiger charge is 2.18. The van der Waals surface area contributed by atoms with Gasteiger partial charge >= 0.3 is 0 Å². The molecular weight excluding hydrogens is 416 g/mol. The van der Waals surface area contributed by atoms with Gasteiger partial charge in [0.2, 0.25) is 5.88 Å². The molecule has 26 heavy (non-hydrogen) atoms. The highest BCUT2D eigenvalue weighted by Crippen LogP contribution is 2.36. The van der Waals surface area contributed by atoms with Crippen LogP contribution in [0, 0.1) is 0 Å². The summed E-state index contributed by atoms with van der Waals surface area (Å²) >= 11 is 4.95. The maximum absolute atomic E-state index is 5.74. The molecule has 0 aliphatic carbocycles. The minimum absolute atomic E-state index is 0.523. The number of fused-ring (bicyclic) bond motifs is 2. The Morgan fingerprint density at radius 1 is 1.19 bits per heavy atom. The normalized spacial score (nSPS) is 11.3. The third-order valence-corrected chi connectivity index (χ3v) is 5.38. The molecule has 0 aromatic carbocycles. The number of aromatic amines is 1. The molecule has 0 amide bonds. The van der Waals surface area contributed by atoms with Crippen LogP contribution in [0.5, 0.6) is 5.88 Å². The van der Waals surface area contributed by atoms with Crippen LogP contribution in [0.3, 0.4) is 0 Å². The fourth-order valence-corrected chi connectivity index (χ4v) is 3.99. The van der Waals surface area contributed by atoms with Gasteiger partial charge in [-0.05, 0) is 53.2 Å². The molecule has 0 bridgehead atoms. The van der Waals surface area contributed by atoms with Crippen LogP contribution < -0.4 is 4.74 Å². The third-order valence-electron chi connectivity index (χ3n) is 3.74. The molecule has 0 fully saturated rings. The van der Waals surface area contributed by atoms with Crippen molar-refractivity contribution in [2.24, 2.45) is 0 Å². The SMILES string of the molecule is CCOc1nc(Sc2cnc3cccnc3n2)nc2[nH]c(CC)c(Br)c12. The van der Waals surface area contributed by atoms with E-state index in [0.29, 0.717) is 28.3 Å². The van der Waals surface area contributed by atoms with Crippen LogP contribution in [0.2, 0.25) is 0 Å². The number of nitrogens with zero attached hydrogens (tertiary/aromatic N) is 5. The zero-order valence-electron chi connectivity index (χ0n) is 14.2. The number of H-pyrrole nitrogens is 1. The monoisotopic (exact) mass is 430 g/mol. The molecule has 132 valence electrons. The van der Waals surface area contributed by atoms with Crippen LogP contribution in [-0.4, -0.2) is 36.5 Å². The van der Waals surface area contributed by atoms with Crippen molar-refractivity contribution in [3.8, 4) is 5.88 Å². The Morgan fingerprint density at radius 3 is 2.88 bits per heavy atom. The van der Waals surface area contributed by atoms with Gasteiger partial charge in [0, 0.05) is 11.9 Å². The molecule has 0 atom stereocenters. The average Bonchev–Trinajstić information content (AvgIpc) is 2.98. The first-order valence-electron chi connectivity index (χ1n) is 8.16. The summed E-state index contributed by atoms with van der Waals surface area (Å²) in [5.74, 6) is 0.551. The second-order valence-electron chi connectivity index (χ2n) is 5.40. The van der Waals surface area contributed by atoms with Gasteiger partial charge in [-0.2, -0.15) is 4.98 Å². The first-order chi connectivity index (χ1) is 12.7. The van der Waals surface area contributed by atoms with Gasteiger partial charge in [-0.3, -0.25) is 4.98 Å². The largest absolute Gasteiger partial charge is 0.477 e. The summed E-state index contributed by atoms with van der Waals surface area (Å²) < 4.78 is 6.69. The molecule has 9 heteroatoms. The minimum atomic E-state index is 0.523. The van der Waals surface area contributed by atoms with E-state index in [0.717, 1.165) is 33.1 Å². The van der Waals surface area contributed by atoms with Gasteiger partial charge in [0.15, 0.2) is 10.8 Å². The van der Waals surface area contributed by atoms with Gasteiger partial charge in [0.05, 0.1) is 22.7 Å². The Hall–Kier alpha value is -2.26. The second kappa shape index (κ2) is 7.16. The lowest BCUT2D eigenvalue weighted by molar-refractivity contribution is 0.328. The number of hydrogen-bond acceptors (Lipinski definition) is 7. The van der Waals surface area contributed by atoms with E-state index in [-0.39, 0.29) is 0 Å². The second-order valence-corrected chi connectivity index (χ2v) is 7.18. The highest BCUT2D eigenvalue weighted by molar-refractivity contribution is 9.10. The van der Waals surface area contributed by atoms with Crippen LogP contribution >= 0.6 is 27.7 Å². The molecular formula is C17H15BrN6OS. The fourth-order valence-electron chi connectivity index (χ4n) is 2.56. The lowest BCUT2D eigenvalue weighted by Crippen LogP contribution is -1.98. The van der Waals surface area contributed by atoms with Crippen LogP contribution in [0.1, 0.15) is 19.5 Å². The standard InChI is InChI=1S/C17H15BrN6OS/c1-3-9-13(18)12-15(21-9)23-17(24-16(12)25-4-2)26-11-8-20-10-6-5-7-19-14(10)22-11/h5-8H,3-4H2,1-2H3,(H,21,23,24). The molecule has 0 saturated carbocycles. The average molecular weight is 431 g/mol. The summed E-state index contributed by atoms with van der Waals surface area (Å²) in [5, 5.41) is 2.08. The highest BCUT2D eigenvalue weighted by atomic mass is 79.9. The van der Waals surface area contributed by atoms with Gasteiger partial charge < -0.3 is 9.72 Å². The third kappa shape index (κ3) is 3.12. The van der Waals surface area contributed by atoms with Crippen LogP contribution in [-0.2, 0) is 6.42 Å². The number of pyridine rings is 1. The quantitative estimate of drug-likeness (QED) is 0.475. The Labute approximate surface area is 162 Å². The van der Waals surface area contributed by atoms with E-state index in [9.17, 15) is 0 Å². The number of hydrogen-bond donors (Lipinski definition) is 1. The Kier molecular flexibility index (Phi) is 4.73. The van der Waals surface area contributed by atoms with E-state index in [4.69, 9.17) is 4.74 Å². The van der Waals surface area contributed by atoms with Crippen molar-refractivity contribution in [3.63, 3.8) is 0 Å². The van der Waals surface area contributed by atoms with Gasteiger partial charge in [-0.15, -0.1) is 0 Å². The molecule has 0 aliphatic rings. The lowest BCUT2D eigenvalue weighted by Gasteiger charge is -2.06. The molecule has 4 rings (SSSR count). The van der Waals surface area contributed by atoms with Crippen molar-refractivity contribution in [2.75, 3.05) is 6.61 Å². The number of ether oxygens (including phenoxy) is 1. The smallest absolute Gasteiger partial charge is 0.228 e.